The lowest BCUT2D eigenvalue weighted by molar-refractivity contribution is 0.622. The van der Waals surface area contributed by atoms with Crippen LogP contribution in [-0.2, 0) is 5.41 Å². The highest BCUT2D eigenvalue weighted by molar-refractivity contribution is 5.81. The first-order valence-corrected chi connectivity index (χ1v) is 10.4. The van der Waals surface area contributed by atoms with Gasteiger partial charge in [-0.05, 0) is 73.2 Å². The normalized spacial score (nSPS) is 26.4. The minimum absolute atomic E-state index is 0.266. The Morgan fingerprint density at radius 3 is 2.52 bits per heavy atom. The first kappa shape index (κ1) is 20.9. The molecule has 0 saturated heterocycles. The minimum Gasteiger partial charge on any atom is -0.368 e. The number of nitrogens with zero attached hydrogens (tertiary/aromatic N) is 1. The molecule has 0 radical (unpaired) electrons. The van der Waals surface area contributed by atoms with Gasteiger partial charge in [0.1, 0.15) is 0 Å². The summed E-state index contributed by atoms with van der Waals surface area (Å²) < 4.78 is 0. The summed E-state index contributed by atoms with van der Waals surface area (Å²) in [4.78, 5) is 2.46. The first-order chi connectivity index (χ1) is 13.8. The van der Waals surface area contributed by atoms with Crippen LogP contribution in [0.4, 0.5) is 5.69 Å². The molecule has 1 heteroatoms. The van der Waals surface area contributed by atoms with Crippen molar-refractivity contribution < 1.29 is 0 Å². The van der Waals surface area contributed by atoms with Gasteiger partial charge in [-0.15, -0.1) is 0 Å². The van der Waals surface area contributed by atoms with E-state index in [9.17, 15) is 0 Å². The fourth-order valence-electron chi connectivity index (χ4n) is 4.58. The van der Waals surface area contributed by atoms with E-state index >= 15 is 0 Å². The molecule has 0 N–H and O–H groups in total. The monoisotopic (exact) mass is 383 g/mol. The molecular formula is C28H33N. The van der Waals surface area contributed by atoms with Crippen LogP contribution in [0.1, 0.15) is 45.2 Å². The summed E-state index contributed by atoms with van der Waals surface area (Å²) >= 11 is 0. The van der Waals surface area contributed by atoms with Crippen LogP contribution in [0.25, 0.3) is 5.57 Å². The van der Waals surface area contributed by atoms with E-state index in [1.807, 2.05) is 31.2 Å². The van der Waals surface area contributed by atoms with Crippen LogP contribution in [0.2, 0.25) is 0 Å². The highest BCUT2D eigenvalue weighted by atomic mass is 15.3. The molecule has 1 heterocycles. The SMILES string of the molecule is C=C/C=C/C=C/C(=C\C(=C/C)c1ccc2c(c1)C1(C)CC1(C)N2C)C(=C)/C=C\C. The van der Waals surface area contributed by atoms with Crippen LogP contribution in [0.3, 0.4) is 0 Å². The molecular weight excluding hydrogens is 350 g/mol. The number of anilines is 1. The molecule has 2 atom stereocenters. The Balaban J connectivity index is 1.99. The molecule has 1 saturated carbocycles. The van der Waals surface area contributed by atoms with E-state index in [1.54, 1.807) is 6.08 Å². The van der Waals surface area contributed by atoms with Crippen molar-refractivity contribution in [3.8, 4) is 0 Å². The molecule has 150 valence electrons. The van der Waals surface area contributed by atoms with Gasteiger partial charge in [-0.3, -0.25) is 0 Å². The van der Waals surface area contributed by atoms with Crippen molar-refractivity contribution in [2.75, 3.05) is 11.9 Å². The lowest BCUT2D eigenvalue weighted by Gasteiger charge is -2.23. The summed E-state index contributed by atoms with van der Waals surface area (Å²) in [6.07, 6.45) is 19.5. The topological polar surface area (TPSA) is 3.24 Å². The lowest BCUT2D eigenvalue weighted by atomic mass is 9.91. The molecule has 1 aliphatic heterocycles. The third-order valence-corrected chi connectivity index (χ3v) is 6.78. The summed E-state index contributed by atoms with van der Waals surface area (Å²) in [5.74, 6) is 0. The number of hydrogen-bond donors (Lipinski definition) is 0. The van der Waals surface area contributed by atoms with Gasteiger partial charge in [-0.2, -0.15) is 0 Å². The van der Waals surface area contributed by atoms with Crippen LogP contribution in [0.5, 0.6) is 0 Å². The summed E-state index contributed by atoms with van der Waals surface area (Å²) in [5.41, 5.74) is 7.96. The van der Waals surface area contributed by atoms with Crippen molar-refractivity contribution >= 4 is 11.3 Å². The number of rotatable bonds is 7. The third-order valence-electron chi connectivity index (χ3n) is 6.78. The van der Waals surface area contributed by atoms with Crippen molar-refractivity contribution in [1.82, 2.24) is 0 Å². The zero-order chi connectivity index (χ0) is 21.2. The van der Waals surface area contributed by atoms with E-state index < -0.39 is 0 Å². The molecule has 1 aromatic carbocycles. The minimum atomic E-state index is 0.266. The Bertz CT molecular complexity index is 982. The maximum absolute atomic E-state index is 4.25. The Morgan fingerprint density at radius 1 is 1.10 bits per heavy atom. The van der Waals surface area contributed by atoms with Crippen LogP contribution in [0.15, 0.2) is 97.2 Å². The molecule has 2 unspecified atom stereocenters. The van der Waals surface area contributed by atoms with Gasteiger partial charge in [0.15, 0.2) is 0 Å². The van der Waals surface area contributed by atoms with Crippen LogP contribution >= 0.6 is 0 Å². The number of likely N-dealkylation sites (N-methyl/N-ethyl adjacent to an activating group) is 1. The zero-order valence-electron chi connectivity index (χ0n) is 18.5. The van der Waals surface area contributed by atoms with Crippen molar-refractivity contribution in [3.05, 3.63) is 108 Å². The standard InChI is InChI=1S/C28H33N/c1-8-11-12-13-15-23(21(4)14-9-2)18-22(10-3)24-16-17-26-25(19-24)27(5)20-28(27,6)29(26)7/h8-19H,1,4,20H2,2-3,5-7H3/b12-11+,14-9-,15-13+,22-10+,23-18+. The van der Waals surface area contributed by atoms with Gasteiger partial charge in [-0.1, -0.05) is 74.8 Å². The smallest absolute Gasteiger partial charge is 0.0475 e. The Kier molecular flexibility index (Phi) is 5.71. The number of fused-ring (bicyclic) bond motifs is 3. The molecule has 0 bridgehead atoms. The molecule has 0 spiro atoms. The van der Waals surface area contributed by atoms with Crippen LogP contribution < -0.4 is 4.90 Å². The van der Waals surface area contributed by atoms with E-state index in [2.05, 4.69) is 88.4 Å². The predicted octanol–water partition coefficient (Wildman–Crippen LogP) is 7.32. The molecule has 0 amide bonds. The van der Waals surface area contributed by atoms with Crippen LogP contribution in [-0.4, -0.2) is 12.6 Å². The van der Waals surface area contributed by atoms with Crippen molar-refractivity contribution in [1.29, 1.82) is 0 Å². The zero-order valence-corrected chi connectivity index (χ0v) is 18.5. The van der Waals surface area contributed by atoms with Crippen LogP contribution in [0, 0.1) is 0 Å². The fourth-order valence-corrected chi connectivity index (χ4v) is 4.58. The average Bonchev–Trinajstić information content (AvgIpc) is 3.25. The maximum Gasteiger partial charge on any atom is 0.0475 e. The quantitative estimate of drug-likeness (QED) is 0.446. The van der Waals surface area contributed by atoms with Crippen molar-refractivity contribution in [2.45, 2.75) is 45.1 Å². The second-order valence-electron chi connectivity index (χ2n) is 8.42. The Morgan fingerprint density at radius 2 is 1.86 bits per heavy atom. The lowest BCUT2D eigenvalue weighted by Crippen LogP contribution is -2.30. The Hall–Kier alpha value is -2.80. The van der Waals surface area contributed by atoms with Gasteiger partial charge in [0.2, 0.25) is 0 Å². The van der Waals surface area contributed by atoms with Gasteiger partial charge in [0.05, 0.1) is 0 Å². The van der Waals surface area contributed by atoms with Crippen molar-refractivity contribution in [2.24, 2.45) is 0 Å². The number of benzene rings is 1. The molecule has 0 aromatic heterocycles. The maximum atomic E-state index is 4.25. The molecule has 3 rings (SSSR count). The fraction of sp³-hybridized carbons (Fsp3) is 0.286. The molecule has 1 nitrogen and oxygen atoms in total. The summed E-state index contributed by atoms with van der Waals surface area (Å²) in [5, 5.41) is 0. The highest BCUT2D eigenvalue weighted by Crippen LogP contribution is 2.68. The third kappa shape index (κ3) is 3.51. The van der Waals surface area contributed by atoms with E-state index in [-0.39, 0.29) is 11.0 Å². The van der Waals surface area contributed by atoms with Gasteiger partial charge >= 0.3 is 0 Å². The average molecular weight is 384 g/mol. The van der Waals surface area contributed by atoms with E-state index in [0.29, 0.717) is 0 Å². The molecule has 29 heavy (non-hydrogen) atoms. The van der Waals surface area contributed by atoms with E-state index in [1.165, 1.54) is 28.8 Å². The van der Waals surface area contributed by atoms with Gasteiger partial charge in [0.25, 0.3) is 0 Å². The molecule has 1 aliphatic carbocycles. The van der Waals surface area contributed by atoms with E-state index in [0.717, 1.165) is 11.1 Å². The number of hydrogen-bond acceptors (Lipinski definition) is 1. The predicted molar refractivity (Wildman–Crippen MR) is 129 cm³/mol. The van der Waals surface area contributed by atoms with Gasteiger partial charge in [-0.25, -0.2) is 0 Å². The Labute approximate surface area is 176 Å². The molecule has 2 aliphatic rings. The van der Waals surface area contributed by atoms with Gasteiger partial charge < -0.3 is 4.90 Å². The first-order valence-electron chi connectivity index (χ1n) is 10.4. The second kappa shape index (κ2) is 7.91. The summed E-state index contributed by atoms with van der Waals surface area (Å²) in [7, 11) is 2.23. The van der Waals surface area contributed by atoms with Gasteiger partial charge in [0, 0.05) is 23.7 Å². The van der Waals surface area contributed by atoms with Crippen molar-refractivity contribution in [3.63, 3.8) is 0 Å². The summed E-state index contributed by atoms with van der Waals surface area (Å²) in [6.45, 7) is 16.9. The second-order valence-corrected chi connectivity index (χ2v) is 8.42. The molecule has 1 fully saturated rings. The summed E-state index contributed by atoms with van der Waals surface area (Å²) in [6, 6.07) is 6.93. The number of allylic oxidation sites excluding steroid dienone is 12. The van der Waals surface area contributed by atoms with E-state index in [4.69, 9.17) is 0 Å². The highest BCUT2D eigenvalue weighted by Gasteiger charge is 2.69. The molecule has 1 aromatic rings. The largest absolute Gasteiger partial charge is 0.368 e.